The number of methoxy groups -OCH3 is 1. The van der Waals surface area contributed by atoms with E-state index in [0.29, 0.717) is 18.1 Å². The highest BCUT2D eigenvalue weighted by atomic mass is 32.2. The van der Waals surface area contributed by atoms with Crippen molar-refractivity contribution in [3.63, 3.8) is 0 Å². The molecule has 2 aliphatic heterocycles. The van der Waals surface area contributed by atoms with Crippen molar-refractivity contribution in [3.05, 3.63) is 47.2 Å². The Kier molecular flexibility index (Phi) is 6.14. The molecule has 28 heavy (non-hydrogen) atoms. The third kappa shape index (κ3) is 3.69. The van der Waals surface area contributed by atoms with Crippen molar-refractivity contribution in [2.75, 3.05) is 12.9 Å². The quantitative estimate of drug-likeness (QED) is 0.465. The third-order valence-electron chi connectivity index (χ3n) is 4.91. The third-order valence-corrected chi connectivity index (χ3v) is 6.28. The van der Waals surface area contributed by atoms with Gasteiger partial charge in [0.15, 0.2) is 6.29 Å². The Morgan fingerprint density at radius 3 is 2.61 bits per heavy atom. The Hall–Kier alpha value is -1.87. The normalized spacial score (nSPS) is 24.5. The number of hydrogen-bond donors (Lipinski definition) is 3. The highest BCUT2D eigenvalue weighted by molar-refractivity contribution is 8.00. The number of amides is 2. The van der Waals surface area contributed by atoms with Crippen LogP contribution in [0.4, 0.5) is 0 Å². The molecule has 7 nitrogen and oxygen atoms in total. The molecule has 0 radical (unpaired) electrons. The zero-order valence-electron chi connectivity index (χ0n) is 16.2. The molecular weight excluding hydrogens is 380 g/mol. The van der Waals surface area contributed by atoms with Gasteiger partial charge in [-0.25, -0.2) is 0 Å². The Morgan fingerprint density at radius 2 is 2.04 bits per heavy atom. The molecule has 1 aromatic rings. The van der Waals surface area contributed by atoms with Crippen LogP contribution in [0.2, 0.25) is 0 Å². The van der Waals surface area contributed by atoms with E-state index >= 15 is 0 Å². The molecular formula is C20H26N2O5S. The first-order chi connectivity index (χ1) is 13.3. The predicted octanol–water partition coefficient (Wildman–Crippen LogP) is 1.21. The number of ether oxygens (including phenoxy) is 1. The van der Waals surface area contributed by atoms with E-state index in [4.69, 9.17) is 4.74 Å². The average molecular weight is 407 g/mol. The minimum Gasteiger partial charge on any atom is -0.363 e. The van der Waals surface area contributed by atoms with Crippen LogP contribution < -0.4 is 5.32 Å². The van der Waals surface area contributed by atoms with Gasteiger partial charge in [0.25, 0.3) is 11.6 Å². The maximum absolute atomic E-state index is 13.0. The maximum Gasteiger partial charge on any atom is 0.284 e. The zero-order valence-corrected chi connectivity index (χ0v) is 17.0. The van der Waals surface area contributed by atoms with Crippen LogP contribution in [0.25, 0.3) is 0 Å². The van der Waals surface area contributed by atoms with Gasteiger partial charge < -0.3 is 20.3 Å². The monoisotopic (exact) mass is 406 g/mol. The summed E-state index contributed by atoms with van der Waals surface area (Å²) >= 11 is 1.45. The first-order valence-corrected chi connectivity index (χ1v) is 10.3. The smallest absolute Gasteiger partial charge is 0.284 e. The molecule has 152 valence electrons. The summed E-state index contributed by atoms with van der Waals surface area (Å²) in [6, 6.07) is 9.23. The summed E-state index contributed by atoms with van der Waals surface area (Å²) in [5, 5.41) is 22.0. The molecule has 2 unspecified atom stereocenters. The molecule has 3 rings (SSSR count). The number of nitrogens with zero attached hydrogens (tertiary/aromatic N) is 1. The summed E-state index contributed by atoms with van der Waals surface area (Å²) in [4.78, 5) is 26.9. The SMILES string of the molecule is COC1(NC(=O)Cc2ccccc2)C(=O)N2C(C(O)O)=C(CC(C)C)CSC21. The molecule has 1 fully saturated rings. The van der Waals surface area contributed by atoms with Crippen LogP contribution in [-0.4, -0.2) is 57.2 Å². The molecule has 0 aliphatic carbocycles. The van der Waals surface area contributed by atoms with Gasteiger partial charge in [-0.3, -0.25) is 14.5 Å². The molecule has 2 atom stereocenters. The van der Waals surface area contributed by atoms with Crippen LogP contribution in [0.15, 0.2) is 41.6 Å². The van der Waals surface area contributed by atoms with Gasteiger partial charge in [0.1, 0.15) is 5.37 Å². The number of fused-ring (bicyclic) bond motifs is 1. The number of nitrogens with one attached hydrogen (secondary N) is 1. The van der Waals surface area contributed by atoms with Gasteiger partial charge in [-0.05, 0) is 23.5 Å². The van der Waals surface area contributed by atoms with Crippen LogP contribution in [0.5, 0.6) is 0 Å². The van der Waals surface area contributed by atoms with Gasteiger partial charge in [-0.1, -0.05) is 44.2 Å². The highest BCUT2D eigenvalue weighted by Gasteiger charge is 2.66. The average Bonchev–Trinajstić information content (AvgIpc) is 2.65. The zero-order chi connectivity index (χ0) is 20.5. The molecule has 8 heteroatoms. The van der Waals surface area contributed by atoms with Gasteiger partial charge in [-0.15, -0.1) is 11.8 Å². The van der Waals surface area contributed by atoms with Gasteiger partial charge in [-0.2, -0.15) is 0 Å². The van der Waals surface area contributed by atoms with E-state index in [-0.39, 0.29) is 18.0 Å². The molecule has 0 spiro atoms. The standard InChI is InChI=1S/C20H26N2O5S/c1-12(2)9-14-11-28-19-20(27-3,18(26)22(19)16(14)17(24)25)21-15(23)10-13-7-5-4-6-8-13/h4-8,12,17,19,24-25H,9-11H2,1-3H3,(H,21,23). The second kappa shape index (κ2) is 8.24. The second-order valence-corrected chi connectivity index (χ2v) is 8.52. The van der Waals surface area contributed by atoms with E-state index in [1.54, 1.807) is 0 Å². The molecule has 2 aliphatic rings. The van der Waals surface area contributed by atoms with Crippen molar-refractivity contribution in [2.24, 2.45) is 5.92 Å². The molecule has 0 saturated carbocycles. The number of hydrogen-bond acceptors (Lipinski definition) is 6. The van der Waals surface area contributed by atoms with Crippen molar-refractivity contribution in [3.8, 4) is 0 Å². The summed E-state index contributed by atoms with van der Waals surface area (Å²) in [5.74, 6) is 0.0388. The number of carbonyl (C=O) groups excluding carboxylic acids is 2. The predicted molar refractivity (Wildman–Crippen MR) is 106 cm³/mol. The van der Waals surface area contributed by atoms with Crippen molar-refractivity contribution in [1.29, 1.82) is 0 Å². The van der Waals surface area contributed by atoms with Gasteiger partial charge >= 0.3 is 0 Å². The van der Waals surface area contributed by atoms with Crippen LogP contribution in [0.1, 0.15) is 25.8 Å². The molecule has 1 aromatic carbocycles. The fourth-order valence-corrected chi connectivity index (χ4v) is 5.18. The first kappa shape index (κ1) is 20.9. The lowest BCUT2D eigenvalue weighted by atomic mass is 9.94. The van der Waals surface area contributed by atoms with Crippen LogP contribution in [0.3, 0.4) is 0 Å². The Labute approximate surface area is 168 Å². The van der Waals surface area contributed by atoms with Gasteiger partial charge in [0.2, 0.25) is 5.91 Å². The number of carbonyl (C=O) groups is 2. The Bertz CT molecular complexity index is 780. The van der Waals surface area contributed by atoms with Crippen molar-refractivity contribution in [2.45, 2.75) is 44.1 Å². The summed E-state index contributed by atoms with van der Waals surface area (Å²) in [7, 11) is 1.38. The second-order valence-electron chi connectivity index (χ2n) is 7.45. The molecule has 3 N–H and O–H groups in total. The van der Waals surface area contributed by atoms with Crippen molar-refractivity contribution in [1.82, 2.24) is 10.2 Å². The van der Waals surface area contributed by atoms with Crippen molar-refractivity contribution < 1.29 is 24.5 Å². The van der Waals surface area contributed by atoms with Crippen LogP contribution in [0, 0.1) is 5.92 Å². The number of aliphatic hydroxyl groups excluding tert-OH is 1. The minimum atomic E-state index is -1.75. The molecule has 1 saturated heterocycles. The van der Waals surface area contributed by atoms with E-state index < -0.39 is 23.3 Å². The van der Waals surface area contributed by atoms with E-state index in [0.717, 1.165) is 11.1 Å². The maximum atomic E-state index is 13.0. The lowest BCUT2D eigenvalue weighted by Crippen LogP contribution is -2.80. The number of thioether (sulfide) groups is 1. The largest absolute Gasteiger partial charge is 0.363 e. The fraction of sp³-hybridized carbons (Fsp3) is 0.500. The molecule has 0 bridgehead atoms. The lowest BCUT2D eigenvalue weighted by Gasteiger charge is -2.57. The summed E-state index contributed by atoms with van der Waals surface area (Å²) in [6.45, 7) is 4.07. The summed E-state index contributed by atoms with van der Waals surface area (Å²) in [5.41, 5.74) is 0.379. The minimum absolute atomic E-state index is 0.126. The van der Waals surface area contributed by atoms with Crippen LogP contribution in [-0.2, 0) is 20.7 Å². The molecule has 2 heterocycles. The van der Waals surface area contributed by atoms with E-state index in [2.05, 4.69) is 5.32 Å². The summed E-state index contributed by atoms with van der Waals surface area (Å²) in [6.07, 6.45) is -0.965. The first-order valence-electron chi connectivity index (χ1n) is 9.23. The summed E-state index contributed by atoms with van der Waals surface area (Å²) < 4.78 is 5.48. The fourth-order valence-electron chi connectivity index (χ4n) is 3.71. The number of aliphatic hydroxyl groups is 2. The van der Waals surface area contributed by atoms with Gasteiger partial charge in [0.05, 0.1) is 12.1 Å². The van der Waals surface area contributed by atoms with E-state index in [1.165, 1.54) is 23.8 Å². The topological polar surface area (TPSA) is 99.1 Å². The number of rotatable bonds is 7. The lowest BCUT2D eigenvalue weighted by molar-refractivity contribution is -0.195. The number of β-lactam (4-membered cyclic amide) rings is 1. The van der Waals surface area contributed by atoms with Crippen molar-refractivity contribution >= 4 is 23.6 Å². The molecule has 2 amide bonds. The number of benzene rings is 1. The van der Waals surface area contributed by atoms with Gasteiger partial charge in [0, 0.05) is 12.9 Å². The Balaban J connectivity index is 1.81. The van der Waals surface area contributed by atoms with E-state index in [1.807, 2.05) is 44.2 Å². The Morgan fingerprint density at radius 1 is 1.36 bits per heavy atom. The van der Waals surface area contributed by atoms with E-state index in [9.17, 15) is 19.8 Å². The highest BCUT2D eigenvalue weighted by Crippen LogP contribution is 2.48. The molecule has 0 aromatic heterocycles. The van der Waals surface area contributed by atoms with Crippen LogP contribution >= 0.6 is 11.8 Å².